The van der Waals surface area contributed by atoms with Crippen LogP contribution in [0.5, 0.6) is 0 Å². The minimum Gasteiger partial charge on any atom is -0.370 e. The van der Waals surface area contributed by atoms with E-state index in [-0.39, 0.29) is 53.9 Å². The molecule has 134 valence electrons. The molecule has 0 aromatic heterocycles. The molecule has 0 spiro atoms. The van der Waals surface area contributed by atoms with Gasteiger partial charge >= 0.3 is 0 Å². The Hall–Kier alpha value is -0.580. The number of carbonyl (C=O) groups is 1. The molecule has 23 heavy (non-hydrogen) atoms. The summed E-state index contributed by atoms with van der Waals surface area (Å²) >= 11 is 0. The fourth-order valence-corrected chi connectivity index (χ4v) is 4.66. The molecular formula is C14H27IN4O3S. The van der Waals surface area contributed by atoms with Gasteiger partial charge in [0.1, 0.15) is 0 Å². The van der Waals surface area contributed by atoms with Crippen molar-refractivity contribution < 1.29 is 13.2 Å². The van der Waals surface area contributed by atoms with Crippen LogP contribution < -0.4 is 16.4 Å². The lowest BCUT2D eigenvalue weighted by Crippen LogP contribution is -2.41. The summed E-state index contributed by atoms with van der Waals surface area (Å²) in [5.74, 6) is 0.432. The van der Waals surface area contributed by atoms with E-state index in [1.54, 1.807) is 0 Å². The van der Waals surface area contributed by atoms with E-state index in [0.717, 1.165) is 12.8 Å². The first-order valence-corrected chi connectivity index (χ1v) is 9.83. The molecule has 0 aromatic carbocycles. The SMILES string of the molecule is I.NC(=NCCC(=O)NC1CCS(=O)(=O)C1)NC1CCCCC1. The Labute approximate surface area is 155 Å². The lowest BCUT2D eigenvalue weighted by molar-refractivity contribution is -0.121. The Morgan fingerprint density at radius 2 is 1.78 bits per heavy atom. The Kier molecular flexibility index (Phi) is 8.59. The zero-order valence-electron chi connectivity index (χ0n) is 13.3. The van der Waals surface area contributed by atoms with E-state index >= 15 is 0 Å². The lowest BCUT2D eigenvalue weighted by atomic mass is 9.96. The number of sulfone groups is 1. The summed E-state index contributed by atoms with van der Waals surface area (Å²) in [6.07, 6.45) is 6.69. The van der Waals surface area contributed by atoms with Gasteiger partial charge in [0.2, 0.25) is 5.91 Å². The third kappa shape index (κ3) is 7.69. The van der Waals surface area contributed by atoms with Gasteiger partial charge in [0, 0.05) is 18.5 Å². The minimum atomic E-state index is -2.96. The molecule has 1 atom stereocenters. The number of amides is 1. The smallest absolute Gasteiger partial charge is 0.222 e. The molecule has 1 unspecified atom stereocenters. The normalized spacial score (nSPS) is 24.7. The van der Waals surface area contributed by atoms with Crippen LogP contribution in [0.25, 0.3) is 0 Å². The van der Waals surface area contributed by atoms with Gasteiger partial charge in [-0.25, -0.2) is 8.42 Å². The van der Waals surface area contributed by atoms with Gasteiger partial charge < -0.3 is 16.4 Å². The van der Waals surface area contributed by atoms with Gasteiger partial charge in [0.15, 0.2) is 15.8 Å². The molecular weight excluding hydrogens is 431 g/mol. The van der Waals surface area contributed by atoms with Crippen LogP contribution in [-0.4, -0.2) is 50.4 Å². The zero-order valence-corrected chi connectivity index (χ0v) is 16.4. The second-order valence-electron chi connectivity index (χ2n) is 6.16. The number of nitrogens with zero attached hydrogens (tertiary/aromatic N) is 1. The molecule has 0 radical (unpaired) electrons. The number of halogens is 1. The molecule has 0 aromatic rings. The molecule has 1 aliphatic heterocycles. The third-order valence-electron chi connectivity index (χ3n) is 4.18. The summed E-state index contributed by atoms with van der Waals surface area (Å²) in [4.78, 5) is 15.9. The quantitative estimate of drug-likeness (QED) is 0.316. The Balaban J connectivity index is 0.00000264. The van der Waals surface area contributed by atoms with E-state index < -0.39 is 9.84 Å². The molecule has 1 aliphatic carbocycles. The van der Waals surface area contributed by atoms with Crippen molar-refractivity contribution in [3.8, 4) is 0 Å². The summed E-state index contributed by atoms with van der Waals surface area (Å²) in [6.45, 7) is 0.316. The van der Waals surface area contributed by atoms with Gasteiger partial charge in [-0.1, -0.05) is 19.3 Å². The summed E-state index contributed by atoms with van der Waals surface area (Å²) in [5.41, 5.74) is 5.82. The van der Waals surface area contributed by atoms with Crippen molar-refractivity contribution in [3.63, 3.8) is 0 Å². The van der Waals surface area contributed by atoms with Crippen molar-refractivity contribution in [1.82, 2.24) is 10.6 Å². The molecule has 0 bridgehead atoms. The van der Waals surface area contributed by atoms with Crippen molar-refractivity contribution >= 4 is 45.7 Å². The van der Waals surface area contributed by atoms with Gasteiger partial charge in [-0.2, -0.15) is 0 Å². The van der Waals surface area contributed by atoms with E-state index in [1.165, 1.54) is 19.3 Å². The van der Waals surface area contributed by atoms with Crippen LogP contribution in [0, 0.1) is 0 Å². The zero-order chi connectivity index (χ0) is 16.0. The number of carbonyl (C=O) groups excluding carboxylic acids is 1. The highest BCUT2D eigenvalue weighted by Gasteiger charge is 2.28. The topological polar surface area (TPSA) is 114 Å². The Bertz CT molecular complexity index is 518. The van der Waals surface area contributed by atoms with Crippen molar-refractivity contribution in [1.29, 1.82) is 0 Å². The van der Waals surface area contributed by atoms with Gasteiger partial charge in [-0.05, 0) is 19.3 Å². The van der Waals surface area contributed by atoms with Crippen LogP contribution >= 0.6 is 24.0 Å². The molecule has 7 nitrogen and oxygen atoms in total. The standard InChI is InChI=1S/C14H26N4O3S.HI/c15-14(18-11-4-2-1-3-5-11)16-8-6-13(19)17-12-7-9-22(20,21)10-12;/h11-12H,1-10H2,(H,17,19)(H3,15,16,18);1H. The number of nitrogens with two attached hydrogens (primary N) is 1. The fraction of sp³-hybridized carbons (Fsp3) is 0.857. The van der Waals surface area contributed by atoms with E-state index in [2.05, 4.69) is 15.6 Å². The van der Waals surface area contributed by atoms with Crippen LogP contribution in [-0.2, 0) is 14.6 Å². The number of guanidine groups is 1. The second-order valence-corrected chi connectivity index (χ2v) is 8.39. The molecule has 9 heteroatoms. The molecule has 2 fully saturated rings. The van der Waals surface area contributed by atoms with Crippen molar-refractivity contribution in [2.75, 3.05) is 18.1 Å². The molecule has 1 saturated heterocycles. The van der Waals surface area contributed by atoms with Gasteiger partial charge in [0.25, 0.3) is 0 Å². The average Bonchev–Trinajstić information content (AvgIpc) is 2.79. The molecule has 1 amide bonds. The maximum atomic E-state index is 11.7. The highest BCUT2D eigenvalue weighted by Crippen LogP contribution is 2.17. The maximum absolute atomic E-state index is 11.7. The highest BCUT2D eigenvalue weighted by atomic mass is 127. The third-order valence-corrected chi connectivity index (χ3v) is 5.94. The second kappa shape index (κ2) is 9.65. The van der Waals surface area contributed by atoms with Crippen LogP contribution in [0.4, 0.5) is 0 Å². The molecule has 1 saturated carbocycles. The molecule has 4 N–H and O–H groups in total. The first-order valence-electron chi connectivity index (χ1n) is 8.01. The van der Waals surface area contributed by atoms with Gasteiger partial charge in [-0.15, -0.1) is 24.0 Å². The first kappa shape index (κ1) is 20.5. The van der Waals surface area contributed by atoms with Crippen LogP contribution in [0.3, 0.4) is 0 Å². The maximum Gasteiger partial charge on any atom is 0.222 e. The number of nitrogens with one attached hydrogen (secondary N) is 2. The summed E-state index contributed by atoms with van der Waals surface area (Å²) < 4.78 is 22.6. The predicted octanol–water partition coefficient (Wildman–Crippen LogP) is 0.535. The molecule has 1 heterocycles. The number of hydrogen-bond acceptors (Lipinski definition) is 4. The van der Waals surface area contributed by atoms with Crippen molar-refractivity contribution in [2.45, 2.75) is 57.0 Å². The first-order chi connectivity index (χ1) is 10.4. The Morgan fingerprint density at radius 3 is 2.39 bits per heavy atom. The Morgan fingerprint density at radius 1 is 1.09 bits per heavy atom. The summed E-state index contributed by atoms with van der Waals surface area (Å²) in [7, 11) is -2.96. The largest absolute Gasteiger partial charge is 0.370 e. The number of aliphatic imine (C=N–C) groups is 1. The van der Waals surface area contributed by atoms with E-state index in [1.807, 2.05) is 0 Å². The minimum absolute atomic E-state index is 0. The average molecular weight is 458 g/mol. The lowest BCUT2D eigenvalue weighted by Gasteiger charge is -2.23. The summed E-state index contributed by atoms with van der Waals surface area (Å²) in [5, 5.41) is 5.93. The van der Waals surface area contributed by atoms with Crippen molar-refractivity contribution in [3.05, 3.63) is 0 Å². The van der Waals surface area contributed by atoms with Crippen molar-refractivity contribution in [2.24, 2.45) is 10.7 Å². The number of rotatable bonds is 5. The van der Waals surface area contributed by atoms with Crippen LogP contribution in [0.1, 0.15) is 44.9 Å². The van der Waals surface area contributed by atoms with Gasteiger partial charge in [-0.3, -0.25) is 9.79 Å². The van der Waals surface area contributed by atoms with E-state index in [0.29, 0.717) is 25.0 Å². The van der Waals surface area contributed by atoms with E-state index in [4.69, 9.17) is 5.73 Å². The summed E-state index contributed by atoms with van der Waals surface area (Å²) in [6, 6.07) is 0.147. The van der Waals surface area contributed by atoms with Crippen LogP contribution in [0.15, 0.2) is 4.99 Å². The molecule has 2 aliphatic rings. The van der Waals surface area contributed by atoms with Gasteiger partial charge in [0.05, 0.1) is 18.1 Å². The van der Waals surface area contributed by atoms with E-state index in [9.17, 15) is 13.2 Å². The number of hydrogen-bond donors (Lipinski definition) is 3. The molecule has 2 rings (SSSR count). The monoisotopic (exact) mass is 458 g/mol. The fourth-order valence-electron chi connectivity index (χ4n) is 2.99. The van der Waals surface area contributed by atoms with Crippen LogP contribution in [0.2, 0.25) is 0 Å². The predicted molar refractivity (Wildman–Crippen MR) is 102 cm³/mol. The highest BCUT2D eigenvalue weighted by molar-refractivity contribution is 14.0.